The molecule has 2 aliphatic carbocycles. The summed E-state index contributed by atoms with van der Waals surface area (Å²) in [7, 11) is 0. The van der Waals surface area contributed by atoms with Gasteiger partial charge in [-0.15, -0.1) is 0 Å². The van der Waals surface area contributed by atoms with Crippen LogP contribution in [0.15, 0.2) is 24.4 Å². The van der Waals surface area contributed by atoms with Crippen LogP contribution in [0.3, 0.4) is 0 Å². The van der Waals surface area contributed by atoms with E-state index < -0.39 is 6.10 Å². The number of carbonyl (C=O) groups excluding carboxylic acids is 1. The number of aliphatic hydroxyl groups is 1. The second-order valence-corrected chi connectivity index (χ2v) is 7.49. The van der Waals surface area contributed by atoms with Gasteiger partial charge in [-0.2, -0.15) is 0 Å². The number of anilines is 1. The first kappa shape index (κ1) is 17.2. The number of benzene rings is 1. The van der Waals surface area contributed by atoms with Gasteiger partial charge in [0.1, 0.15) is 0 Å². The number of fused-ring (bicyclic) bond motifs is 1. The van der Waals surface area contributed by atoms with Crippen LogP contribution in [0, 0.1) is 0 Å². The van der Waals surface area contributed by atoms with Crippen molar-refractivity contribution < 1.29 is 9.90 Å². The van der Waals surface area contributed by atoms with Gasteiger partial charge in [-0.25, -0.2) is 9.97 Å². The predicted octanol–water partition coefficient (Wildman–Crippen LogP) is 3.02. The molecule has 0 bridgehead atoms. The number of para-hydroxylation sites is 1. The lowest BCUT2D eigenvalue weighted by atomic mass is 9.96. The highest BCUT2D eigenvalue weighted by atomic mass is 16.3. The van der Waals surface area contributed by atoms with Crippen molar-refractivity contribution in [1.82, 2.24) is 15.3 Å². The summed E-state index contributed by atoms with van der Waals surface area (Å²) >= 11 is 0. The first-order valence-corrected chi connectivity index (χ1v) is 9.72. The van der Waals surface area contributed by atoms with E-state index in [0.717, 1.165) is 37.5 Å². The van der Waals surface area contributed by atoms with Crippen LogP contribution in [0.4, 0.5) is 5.95 Å². The molecule has 2 aliphatic rings. The molecule has 2 saturated carbocycles. The maximum Gasteiger partial charge on any atom is 0.253 e. The summed E-state index contributed by atoms with van der Waals surface area (Å²) < 4.78 is 0. The van der Waals surface area contributed by atoms with Crippen molar-refractivity contribution in [2.24, 2.45) is 0 Å². The Balaban J connectivity index is 1.57. The highest BCUT2D eigenvalue weighted by molar-refractivity contribution is 6.05. The highest BCUT2D eigenvalue weighted by Gasteiger charge is 2.27. The Morgan fingerprint density at radius 1 is 1.08 bits per heavy atom. The van der Waals surface area contributed by atoms with Crippen molar-refractivity contribution in [1.29, 1.82) is 0 Å². The van der Waals surface area contributed by atoms with Crippen LogP contribution in [0.5, 0.6) is 0 Å². The van der Waals surface area contributed by atoms with Crippen molar-refractivity contribution in [3.8, 4) is 0 Å². The van der Waals surface area contributed by atoms with Crippen LogP contribution in [0.2, 0.25) is 0 Å². The fourth-order valence-electron chi connectivity index (χ4n) is 4.09. The second-order valence-electron chi connectivity index (χ2n) is 7.49. The standard InChI is InChI=1S/C20H26N4O2/c25-17-11-5-10-16(17)23-19(26)15-9-4-6-13-12-21-20(24-18(13)15)22-14-7-2-1-3-8-14/h4,6,9,12,14,16-17,25H,1-3,5,7-8,10-11H2,(H,23,26)(H,21,22,24)/t16-,17-/m1/s1. The number of hydrogen-bond acceptors (Lipinski definition) is 5. The van der Waals surface area contributed by atoms with Gasteiger partial charge < -0.3 is 15.7 Å². The molecular formula is C20H26N4O2. The van der Waals surface area contributed by atoms with Crippen molar-refractivity contribution >= 4 is 22.8 Å². The maximum absolute atomic E-state index is 12.8. The van der Waals surface area contributed by atoms with Gasteiger partial charge >= 0.3 is 0 Å². The van der Waals surface area contributed by atoms with Gasteiger partial charge in [0.2, 0.25) is 5.95 Å². The van der Waals surface area contributed by atoms with Crippen molar-refractivity contribution in [3.63, 3.8) is 0 Å². The summed E-state index contributed by atoms with van der Waals surface area (Å²) in [5.41, 5.74) is 1.20. The summed E-state index contributed by atoms with van der Waals surface area (Å²) in [6, 6.07) is 5.80. The van der Waals surface area contributed by atoms with Crippen molar-refractivity contribution in [2.45, 2.75) is 69.6 Å². The molecule has 0 radical (unpaired) electrons. The lowest BCUT2D eigenvalue weighted by molar-refractivity contribution is 0.0874. The molecule has 2 aromatic rings. The molecule has 26 heavy (non-hydrogen) atoms. The summed E-state index contributed by atoms with van der Waals surface area (Å²) in [6.07, 6.45) is 9.89. The molecule has 4 rings (SSSR count). The van der Waals surface area contributed by atoms with Crippen LogP contribution in [0.25, 0.3) is 10.9 Å². The molecule has 0 unspecified atom stereocenters. The summed E-state index contributed by atoms with van der Waals surface area (Å²) in [5.74, 6) is 0.411. The number of amides is 1. The molecular weight excluding hydrogens is 328 g/mol. The van der Waals surface area contributed by atoms with E-state index in [-0.39, 0.29) is 11.9 Å². The third-order valence-electron chi connectivity index (χ3n) is 5.59. The van der Waals surface area contributed by atoms with E-state index in [9.17, 15) is 9.90 Å². The minimum atomic E-state index is -0.452. The monoisotopic (exact) mass is 354 g/mol. The van der Waals surface area contributed by atoms with E-state index in [1.54, 1.807) is 12.3 Å². The third-order valence-corrected chi connectivity index (χ3v) is 5.59. The molecule has 0 saturated heterocycles. The fourth-order valence-corrected chi connectivity index (χ4v) is 4.09. The largest absolute Gasteiger partial charge is 0.391 e. The van der Waals surface area contributed by atoms with Crippen molar-refractivity contribution in [2.75, 3.05) is 5.32 Å². The zero-order chi connectivity index (χ0) is 17.9. The molecule has 6 heteroatoms. The number of nitrogens with one attached hydrogen (secondary N) is 2. The van der Waals surface area contributed by atoms with Gasteiger partial charge in [0, 0.05) is 17.6 Å². The molecule has 1 amide bonds. The van der Waals surface area contributed by atoms with E-state index in [2.05, 4.69) is 20.6 Å². The van der Waals surface area contributed by atoms with E-state index in [1.165, 1.54) is 19.3 Å². The third kappa shape index (κ3) is 3.65. The van der Waals surface area contributed by atoms with Gasteiger partial charge in [-0.3, -0.25) is 4.79 Å². The Hall–Kier alpha value is -2.21. The topological polar surface area (TPSA) is 87.1 Å². The minimum Gasteiger partial charge on any atom is -0.391 e. The van der Waals surface area contributed by atoms with Crippen LogP contribution in [0.1, 0.15) is 61.7 Å². The minimum absolute atomic E-state index is 0.167. The number of rotatable bonds is 4. The molecule has 1 aromatic heterocycles. The van der Waals surface area contributed by atoms with Gasteiger partial charge in [-0.1, -0.05) is 31.4 Å². The fraction of sp³-hybridized carbons (Fsp3) is 0.550. The molecule has 138 valence electrons. The molecule has 6 nitrogen and oxygen atoms in total. The Morgan fingerprint density at radius 2 is 1.92 bits per heavy atom. The van der Waals surface area contributed by atoms with Gasteiger partial charge in [0.25, 0.3) is 5.91 Å². The van der Waals surface area contributed by atoms with Gasteiger partial charge in [-0.05, 0) is 38.2 Å². The summed E-state index contributed by atoms with van der Waals surface area (Å²) in [4.78, 5) is 21.8. The zero-order valence-electron chi connectivity index (χ0n) is 14.9. The van der Waals surface area contributed by atoms with Gasteiger partial charge in [0.05, 0.1) is 23.2 Å². The summed E-state index contributed by atoms with van der Waals surface area (Å²) in [6.45, 7) is 0. The maximum atomic E-state index is 12.8. The van der Waals surface area contributed by atoms with Crippen molar-refractivity contribution in [3.05, 3.63) is 30.0 Å². The predicted molar refractivity (Wildman–Crippen MR) is 101 cm³/mol. The van der Waals surface area contributed by atoms with E-state index in [4.69, 9.17) is 0 Å². The number of aromatic nitrogens is 2. The highest BCUT2D eigenvalue weighted by Crippen LogP contribution is 2.23. The lowest BCUT2D eigenvalue weighted by Gasteiger charge is -2.22. The normalized spacial score (nSPS) is 23.9. The van der Waals surface area contributed by atoms with E-state index >= 15 is 0 Å². The molecule has 1 heterocycles. The first-order chi connectivity index (χ1) is 12.7. The molecule has 2 fully saturated rings. The number of hydrogen-bond donors (Lipinski definition) is 3. The Labute approximate surface area is 153 Å². The van der Waals surface area contributed by atoms with Crippen LogP contribution >= 0.6 is 0 Å². The molecule has 0 aliphatic heterocycles. The van der Waals surface area contributed by atoms with E-state index in [1.807, 2.05) is 12.1 Å². The zero-order valence-corrected chi connectivity index (χ0v) is 14.9. The van der Waals surface area contributed by atoms with Crippen LogP contribution in [-0.2, 0) is 0 Å². The SMILES string of the molecule is O=C(N[C@@H]1CCC[C@H]1O)c1cccc2cnc(NC3CCCCC3)nc12. The second kappa shape index (κ2) is 7.58. The lowest BCUT2D eigenvalue weighted by Crippen LogP contribution is -2.39. The number of nitrogens with zero attached hydrogens (tertiary/aromatic N) is 2. The molecule has 0 spiro atoms. The Kier molecular flexibility index (Phi) is 5.02. The number of carbonyl (C=O) groups is 1. The van der Waals surface area contributed by atoms with Gasteiger partial charge in [0.15, 0.2) is 0 Å². The van der Waals surface area contributed by atoms with Crippen LogP contribution in [-0.4, -0.2) is 39.2 Å². The average Bonchev–Trinajstić information content (AvgIpc) is 3.06. The Bertz CT molecular complexity index is 788. The first-order valence-electron chi connectivity index (χ1n) is 9.72. The Morgan fingerprint density at radius 3 is 2.69 bits per heavy atom. The smallest absolute Gasteiger partial charge is 0.253 e. The molecule has 1 aromatic carbocycles. The van der Waals surface area contributed by atoms with Crippen LogP contribution < -0.4 is 10.6 Å². The molecule has 2 atom stereocenters. The van der Waals surface area contributed by atoms with E-state index in [0.29, 0.717) is 23.1 Å². The summed E-state index contributed by atoms with van der Waals surface area (Å²) in [5, 5.41) is 17.2. The quantitative estimate of drug-likeness (QED) is 0.786. The molecule has 3 N–H and O–H groups in total. The number of aliphatic hydroxyl groups excluding tert-OH is 1. The average molecular weight is 354 g/mol.